The number of nitrogens with zero attached hydrogens (tertiary/aromatic N) is 1. The highest BCUT2D eigenvalue weighted by Gasteiger charge is 2.09. The zero-order valence-corrected chi connectivity index (χ0v) is 15.6. The molecule has 0 aliphatic carbocycles. The molecule has 4 nitrogen and oxygen atoms in total. The number of halogens is 3. The van der Waals surface area contributed by atoms with Crippen molar-refractivity contribution < 1.29 is 9.15 Å². The van der Waals surface area contributed by atoms with Crippen LogP contribution in [0.5, 0.6) is 5.88 Å². The first-order valence-corrected chi connectivity index (χ1v) is 8.26. The molecule has 25 heavy (non-hydrogen) atoms. The van der Waals surface area contributed by atoms with Crippen LogP contribution in [-0.2, 0) is 6.54 Å². The minimum atomic E-state index is 0. The first-order valence-electron chi connectivity index (χ1n) is 7.51. The second kappa shape index (κ2) is 9.68. The Morgan fingerprint density at radius 1 is 1.08 bits per heavy atom. The fourth-order valence-electron chi connectivity index (χ4n) is 2.18. The van der Waals surface area contributed by atoms with Crippen molar-refractivity contribution in [2.75, 3.05) is 13.2 Å². The number of nitrogens with one attached hydrogen (secondary N) is 1. The third-order valence-corrected chi connectivity index (χ3v) is 3.87. The second-order valence-corrected chi connectivity index (χ2v) is 5.93. The minimum absolute atomic E-state index is 0. The van der Waals surface area contributed by atoms with Crippen molar-refractivity contribution >= 4 is 35.6 Å². The van der Waals surface area contributed by atoms with Gasteiger partial charge in [-0.1, -0.05) is 29.3 Å². The molecule has 7 heteroatoms. The third-order valence-electron chi connectivity index (χ3n) is 3.32. The molecule has 0 saturated heterocycles. The van der Waals surface area contributed by atoms with Crippen molar-refractivity contribution in [2.45, 2.75) is 6.54 Å². The molecular weight excluding hydrogens is 383 g/mol. The Morgan fingerprint density at radius 2 is 1.96 bits per heavy atom. The van der Waals surface area contributed by atoms with Crippen LogP contribution in [0.15, 0.2) is 59.1 Å². The lowest BCUT2D eigenvalue weighted by molar-refractivity contribution is 0.300. The largest absolute Gasteiger partial charge is 0.476 e. The lowest BCUT2D eigenvalue weighted by Gasteiger charge is -2.05. The van der Waals surface area contributed by atoms with Gasteiger partial charge in [0.25, 0.3) is 0 Å². The fourth-order valence-corrected chi connectivity index (χ4v) is 2.68. The van der Waals surface area contributed by atoms with E-state index in [1.807, 2.05) is 36.4 Å². The first kappa shape index (κ1) is 19.6. The number of hydrogen-bond donors (Lipinski definition) is 1. The highest BCUT2D eigenvalue weighted by molar-refractivity contribution is 6.36. The van der Waals surface area contributed by atoms with Crippen LogP contribution >= 0.6 is 35.6 Å². The van der Waals surface area contributed by atoms with E-state index in [-0.39, 0.29) is 12.4 Å². The summed E-state index contributed by atoms with van der Waals surface area (Å²) in [5.74, 6) is 2.17. The van der Waals surface area contributed by atoms with Gasteiger partial charge in [0.1, 0.15) is 18.1 Å². The number of aromatic nitrogens is 1. The third kappa shape index (κ3) is 5.65. The van der Waals surface area contributed by atoms with E-state index in [0.29, 0.717) is 35.6 Å². The molecule has 2 aromatic heterocycles. The summed E-state index contributed by atoms with van der Waals surface area (Å²) in [7, 11) is 0. The van der Waals surface area contributed by atoms with E-state index < -0.39 is 0 Å². The molecule has 3 rings (SSSR count). The van der Waals surface area contributed by atoms with Crippen LogP contribution in [0.4, 0.5) is 0 Å². The molecule has 1 aromatic carbocycles. The Bertz CT molecular complexity index is 794. The molecule has 0 unspecified atom stereocenters. The van der Waals surface area contributed by atoms with Gasteiger partial charge < -0.3 is 14.5 Å². The summed E-state index contributed by atoms with van der Waals surface area (Å²) in [5.41, 5.74) is 0.825. The normalized spacial score (nSPS) is 10.3. The van der Waals surface area contributed by atoms with Crippen molar-refractivity contribution in [1.29, 1.82) is 0 Å². The Hall–Kier alpha value is -1.72. The summed E-state index contributed by atoms with van der Waals surface area (Å²) in [6, 6.07) is 14.7. The zero-order valence-electron chi connectivity index (χ0n) is 13.2. The van der Waals surface area contributed by atoms with Gasteiger partial charge in [-0.25, -0.2) is 4.98 Å². The Labute approximate surface area is 162 Å². The topological polar surface area (TPSA) is 47.3 Å². The Balaban J connectivity index is 0.00000225. The van der Waals surface area contributed by atoms with E-state index >= 15 is 0 Å². The number of ether oxygens (including phenoxy) is 1. The summed E-state index contributed by atoms with van der Waals surface area (Å²) in [5, 5.41) is 4.43. The summed E-state index contributed by atoms with van der Waals surface area (Å²) in [6.07, 6.45) is 1.70. The predicted octanol–water partition coefficient (Wildman–Crippen LogP) is 5.24. The van der Waals surface area contributed by atoms with Gasteiger partial charge in [-0.05, 0) is 36.4 Å². The molecule has 0 aliphatic rings. The van der Waals surface area contributed by atoms with Crippen molar-refractivity contribution in [1.82, 2.24) is 10.3 Å². The fraction of sp³-hybridized carbons (Fsp3) is 0.167. The molecule has 0 atom stereocenters. The molecule has 1 N–H and O–H groups in total. The molecule has 0 spiro atoms. The second-order valence-electron chi connectivity index (χ2n) is 5.08. The van der Waals surface area contributed by atoms with Crippen LogP contribution in [0.3, 0.4) is 0 Å². The van der Waals surface area contributed by atoms with Crippen LogP contribution in [0.25, 0.3) is 11.3 Å². The van der Waals surface area contributed by atoms with E-state index in [1.54, 1.807) is 18.3 Å². The highest BCUT2D eigenvalue weighted by Crippen LogP contribution is 2.31. The number of furan rings is 1. The van der Waals surface area contributed by atoms with Crippen molar-refractivity contribution in [3.8, 4) is 17.2 Å². The van der Waals surface area contributed by atoms with Crippen LogP contribution in [0, 0.1) is 0 Å². The maximum Gasteiger partial charge on any atom is 0.213 e. The summed E-state index contributed by atoms with van der Waals surface area (Å²) in [6.45, 7) is 1.83. The molecule has 2 heterocycles. The lowest BCUT2D eigenvalue weighted by Crippen LogP contribution is -2.20. The molecule has 0 fully saturated rings. The van der Waals surface area contributed by atoms with Gasteiger partial charge in [0.15, 0.2) is 0 Å². The van der Waals surface area contributed by atoms with Crippen LogP contribution in [-0.4, -0.2) is 18.1 Å². The van der Waals surface area contributed by atoms with Gasteiger partial charge in [-0.15, -0.1) is 12.4 Å². The minimum Gasteiger partial charge on any atom is -0.476 e. The molecular formula is C18H17Cl3N2O2. The van der Waals surface area contributed by atoms with Crippen LogP contribution in [0.2, 0.25) is 10.0 Å². The van der Waals surface area contributed by atoms with Crippen molar-refractivity contribution in [2.24, 2.45) is 0 Å². The predicted molar refractivity (Wildman–Crippen MR) is 103 cm³/mol. The number of pyridine rings is 1. The quantitative estimate of drug-likeness (QED) is 0.552. The summed E-state index contributed by atoms with van der Waals surface area (Å²) < 4.78 is 11.3. The molecule has 0 aliphatic heterocycles. The highest BCUT2D eigenvalue weighted by atomic mass is 35.5. The van der Waals surface area contributed by atoms with E-state index in [9.17, 15) is 0 Å². The SMILES string of the molecule is Cl.Clc1ccc(-c2ccc(CNCCOc3ccccn3)o2)c(Cl)c1. The average molecular weight is 400 g/mol. The molecule has 0 bridgehead atoms. The maximum absolute atomic E-state index is 6.19. The van der Waals surface area contributed by atoms with E-state index in [4.69, 9.17) is 32.4 Å². The molecule has 0 saturated carbocycles. The van der Waals surface area contributed by atoms with E-state index in [0.717, 1.165) is 17.1 Å². The molecule has 0 amide bonds. The smallest absolute Gasteiger partial charge is 0.213 e. The standard InChI is InChI=1S/C18H16Cl2N2O2.ClH/c19-13-4-6-15(16(20)11-13)17-7-5-14(24-17)12-21-9-10-23-18-3-1-2-8-22-18;/h1-8,11,21H,9-10,12H2;1H. The maximum atomic E-state index is 6.19. The van der Waals surface area contributed by atoms with Gasteiger partial charge in [-0.2, -0.15) is 0 Å². The lowest BCUT2D eigenvalue weighted by atomic mass is 10.2. The van der Waals surface area contributed by atoms with Crippen molar-refractivity contribution in [3.05, 3.63) is 70.5 Å². The summed E-state index contributed by atoms with van der Waals surface area (Å²) >= 11 is 12.1. The van der Waals surface area contributed by atoms with Gasteiger partial charge in [0.2, 0.25) is 5.88 Å². The van der Waals surface area contributed by atoms with Crippen LogP contribution < -0.4 is 10.1 Å². The molecule has 3 aromatic rings. The monoisotopic (exact) mass is 398 g/mol. The van der Waals surface area contributed by atoms with Crippen LogP contribution in [0.1, 0.15) is 5.76 Å². The summed E-state index contributed by atoms with van der Waals surface area (Å²) in [4.78, 5) is 4.10. The van der Waals surface area contributed by atoms with Gasteiger partial charge >= 0.3 is 0 Å². The van der Waals surface area contributed by atoms with E-state index in [2.05, 4.69) is 10.3 Å². The molecule has 0 radical (unpaired) electrons. The zero-order chi connectivity index (χ0) is 16.8. The van der Waals surface area contributed by atoms with E-state index in [1.165, 1.54) is 0 Å². The van der Waals surface area contributed by atoms with Gasteiger partial charge in [-0.3, -0.25) is 0 Å². The Kier molecular flexibility index (Phi) is 7.59. The number of benzene rings is 1. The first-order chi connectivity index (χ1) is 11.7. The Morgan fingerprint density at radius 3 is 2.72 bits per heavy atom. The van der Waals surface area contributed by atoms with Crippen molar-refractivity contribution in [3.63, 3.8) is 0 Å². The number of hydrogen-bond acceptors (Lipinski definition) is 4. The van der Waals surface area contributed by atoms with Gasteiger partial charge in [0, 0.05) is 29.4 Å². The average Bonchev–Trinajstić information content (AvgIpc) is 3.04. The number of rotatable bonds is 7. The van der Waals surface area contributed by atoms with Gasteiger partial charge in [0.05, 0.1) is 11.6 Å². The molecule has 132 valence electrons.